The number of aliphatic hydroxyl groups excluding tert-OH is 3. The second kappa shape index (κ2) is 5.47. The second-order valence-electron chi connectivity index (χ2n) is 3.65. The number of carbonyl (C=O) groups excluding carboxylic acids is 1. The first-order chi connectivity index (χ1) is 8.31. The van der Waals surface area contributed by atoms with Gasteiger partial charge >= 0.3 is 6.18 Å². The van der Waals surface area contributed by atoms with E-state index >= 15 is 0 Å². The number of hydrogen-bond donors (Lipinski definition) is 3. The number of aliphatic hydroxyl groups is 3. The van der Waals surface area contributed by atoms with Gasteiger partial charge in [-0.2, -0.15) is 13.2 Å². The molecule has 0 bridgehead atoms. The predicted octanol–water partition coefficient (Wildman–Crippen LogP) is 0.904. The number of hydrogen-bond acceptors (Lipinski definition) is 4. The highest BCUT2D eigenvalue weighted by molar-refractivity contribution is 5.77. The van der Waals surface area contributed by atoms with Crippen molar-refractivity contribution < 1.29 is 33.3 Å². The highest BCUT2D eigenvalue weighted by Crippen LogP contribution is 2.32. The Balaban J connectivity index is 3.26. The second-order valence-corrected chi connectivity index (χ2v) is 3.65. The summed E-state index contributed by atoms with van der Waals surface area (Å²) in [6.45, 7) is -0.838. The standard InChI is InChI=1S/C11H11F3O4/c12-11(13,14)7-2-1-6(4-15)8(3-7)10(18)9(17)5-16/h1-4,9-10,16-18H,5H2. The molecule has 1 rings (SSSR count). The molecule has 4 nitrogen and oxygen atoms in total. The molecule has 0 radical (unpaired) electrons. The van der Waals surface area contributed by atoms with Gasteiger partial charge in [-0.25, -0.2) is 0 Å². The van der Waals surface area contributed by atoms with Crippen molar-refractivity contribution in [3.63, 3.8) is 0 Å². The van der Waals surface area contributed by atoms with Crippen molar-refractivity contribution >= 4 is 6.29 Å². The number of alkyl halides is 3. The minimum Gasteiger partial charge on any atom is -0.394 e. The molecule has 0 heterocycles. The summed E-state index contributed by atoms with van der Waals surface area (Å²) in [7, 11) is 0. The summed E-state index contributed by atoms with van der Waals surface area (Å²) in [5.74, 6) is 0. The van der Waals surface area contributed by atoms with E-state index in [1.54, 1.807) is 0 Å². The molecule has 0 spiro atoms. The fraction of sp³-hybridized carbons (Fsp3) is 0.364. The molecule has 18 heavy (non-hydrogen) atoms. The van der Waals surface area contributed by atoms with E-state index in [0.29, 0.717) is 12.1 Å². The molecule has 0 saturated heterocycles. The van der Waals surface area contributed by atoms with Crippen molar-refractivity contribution in [2.75, 3.05) is 6.61 Å². The van der Waals surface area contributed by atoms with Crippen molar-refractivity contribution in [1.82, 2.24) is 0 Å². The van der Waals surface area contributed by atoms with Crippen LogP contribution in [-0.2, 0) is 6.18 Å². The molecule has 1 aromatic rings. The SMILES string of the molecule is O=Cc1ccc(C(F)(F)F)cc1C(O)C(O)CO. The predicted molar refractivity (Wildman–Crippen MR) is 54.9 cm³/mol. The van der Waals surface area contributed by atoms with E-state index < -0.39 is 30.6 Å². The van der Waals surface area contributed by atoms with Gasteiger partial charge in [0.2, 0.25) is 0 Å². The molecule has 0 aliphatic heterocycles. The largest absolute Gasteiger partial charge is 0.416 e. The van der Waals surface area contributed by atoms with E-state index in [0.717, 1.165) is 6.07 Å². The quantitative estimate of drug-likeness (QED) is 0.706. The van der Waals surface area contributed by atoms with Gasteiger partial charge < -0.3 is 15.3 Å². The monoisotopic (exact) mass is 264 g/mol. The Bertz CT molecular complexity index is 431. The van der Waals surface area contributed by atoms with Gasteiger partial charge in [0.15, 0.2) is 0 Å². The van der Waals surface area contributed by atoms with Crippen molar-refractivity contribution in [3.05, 3.63) is 34.9 Å². The number of benzene rings is 1. The lowest BCUT2D eigenvalue weighted by molar-refractivity contribution is -0.137. The lowest BCUT2D eigenvalue weighted by Gasteiger charge is -2.19. The molecule has 1 aromatic carbocycles. The number of halogens is 3. The number of aldehydes is 1. The fourth-order valence-corrected chi connectivity index (χ4v) is 1.42. The average molecular weight is 264 g/mol. The number of carbonyl (C=O) groups is 1. The summed E-state index contributed by atoms with van der Waals surface area (Å²) < 4.78 is 37.4. The maximum absolute atomic E-state index is 12.5. The van der Waals surface area contributed by atoms with Crippen LogP contribution >= 0.6 is 0 Å². The zero-order valence-corrected chi connectivity index (χ0v) is 9.05. The third kappa shape index (κ3) is 3.06. The maximum Gasteiger partial charge on any atom is 0.416 e. The van der Waals surface area contributed by atoms with Gasteiger partial charge in [0, 0.05) is 5.56 Å². The van der Waals surface area contributed by atoms with E-state index in [9.17, 15) is 28.2 Å². The van der Waals surface area contributed by atoms with E-state index in [1.165, 1.54) is 0 Å². The van der Waals surface area contributed by atoms with Crippen molar-refractivity contribution in [2.45, 2.75) is 18.4 Å². The van der Waals surface area contributed by atoms with Crippen LogP contribution in [0.2, 0.25) is 0 Å². The normalized spacial score (nSPS) is 15.2. The van der Waals surface area contributed by atoms with E-state index in [4.69, 9.17) is 5.11 Å². The maximum atomic E-state index is 12.5. The Hall–Kier alpha value is -1.44. The topological polar surface area (TPSA) is 77.8 Å². The van der Waals surface area contributed by atoms with Crippen LogP contribution < -0.4 is 0 Å². The Labute approximate surface area is 100 Å². The lowest BCUT2D eigenvalue weighted by Crippen LogP contribution is -2.23. The molecule has 2 atom stereocenters. The molecule has 0 saturated carbocycles. The van der Waals surface area contributed by atoms with Gasteiger partial charge in [0.1, 0.15) is 18.5 Å². The Morgan fingerprint density at radius 1 is 1.28 bits per heavy atom. The molecular weight excluding hydrogens is 253 g/mol. The minimum absolute atomic E-state index is 0.178. The Morgan fingerprint density at radius 3 is 2.33 bits per heavy atom. The fourth-order valence-electron chi connectivity index (χ4n) is 1.42. The van der Waals surface area contributed by atoms with Crippen LogP contribution in [0.5, 0.6) is 0 Å². The van der Waals surface area contributed by atoms with Crippen molar-refractivity contribution in [2.24, 2.45) is 0 Å². The van der Waals surface area contributed by atoms with Gasteiger partial charge in [0.05, 0.1) is 12.2 Å². The minimum atomic E-state index is -4.62. The highest BCUT2D eigenvalue weighted by Gasteiger charge is 2.32. The average Bonchev–Trinajstić information content (AvgIpc) is 2.35. The Morgan fingerprint density at radius 2 is 1.89 bits per heavy atom. The lowest BCUT2D eigenvalue weighted by atomic mass is 9.97. The first kappa shape index (κ1) is 14.6. The van der Waals surface area contributed by atoms with Gasteiger partial charge in [-0.3, -0.25) is 4.79 Å². The molecule has 7 heteroatoms. The molecule has 0 fully saturated rings. The first-order valence-corrected chi connectivity index (χ1v) is 4.94. The molecule has 2 unspecified atom stereocenters. The molecule has 0 aliphatic carbocycles. The van der Waals surface area contributed by atoms with Crippen molar-refractivity contribution in [1.29, 1.82) is 0 Å². The number of rotatable bonds is 4. The molecule has 100 valence electrons. The van der Waals surface area contributed by atoms with E-state index in [2.05, 4.69) is 0 Å². The molecule has 0 amide bonds. The first-order valence-electron chi connectivity index (χ1n) is 4.94. The molecule has 0 aromatic heterocycles. The van der Waals surface area contributed by atoms with Gasteiger partial charge in [-0.05, 0) is 17.7 Å². The van der Waals surface area contributed by atoms with Gasteiger partial charge in [-0.15, -0.1) is 0 Å². The highest BCUT2D eigenvalue weighted by atomic mass is 19.4. The summed E-state index contributed by atoms with van der Waals surface area (Å²) in [6.07, 6.45) is -7.78. The third-order valence-electron chi connectivity index (χ3n) is 2.41. The van der Waals surface area contributed by atoms with Crippen LogP contribution in [0.3, 0.4) is 0 Å². The summed E-state index contributed by atoms with van der Waals surface area (Å²) in [4.78, 5) is 10.7. The molecular formula is C11H11F3O4. The van der Waals surface area contributed by atoms with E-state index in [1.807, 2.05) is 0 Å². The van der Waals surface area contributed by atoms with Crippen LogP contribution in [0.25, 0.3) is 0 Å². The zero-order valence-electron chi connectivity index (χ0n) is 9.05. The van der Waals surface area contributed by atoms with Gasteiger partial charge in [0.25, 0.3) is 0 Å². The zero-order chi connectivity index (χ0) is 13.9. The van der Waals surface area contributed by atoms with Crippen LogP contribution in [0.1, 0.15) is 27.6 Å². The smallest absolute Gasteiger partial charge is 0.394 e. The van der Waals surface area contributed by atoms with Crippen LogP contribution in [0.4, 0.5) is 13.2 Å². The van der Waals surface area contributed by atoms with Crippen LogP contribution in [0.15, 0.2) is 18.2 Å². The molecule has 3 N–H and O–H groups in total. The summed E-state index contributed by atoms with van der Waals surface area (Å²) in [5, 5.41) is 27.4. The third-order valence-corrected chi connectivity index (χ3v) is 2.41. The van der Waals surface area contributed by atoms with E-state index in [-0.39, 0.29) is 17.4 Å². The molecule has 0 aliphatic rings. The summed E-state index contributed by atoms with van der Waals surface area (Å²) >= 11 is 0. The van der Waals surface area contributed by atoms with Crippen LogP contribution in [0, 0.1) is 0 Å². The summed E-state index contributed by atoms with van der Waals surface area (Å²) in [5.41, 5.74) is -1.60. The van der Waals surface area contributed by atoms with Crippen LogP contribution in [-0.4, -0.2) is 34.3 Å². The van der Waals surface area contributed by atoms with Gasteiger partial charge in [-0.1, -0.05) is 6.07 Å². The Kier molecular flexibility index (Phi) is 4.44. The van der Waals surface area contributed by atoms with Crippen molar-refractivity contribution in [3.8, 4) is 0 Å². The summed E-state index contributed by atoms with van der Waals surface area (Å²) in [6, 6.07) is 2.18.